The third kappa shape index (κ3) is 2.38. The smallest absolute Gasteiger partial charge is 0.178 e. The number of hydrogen-bond acceptors (Lipinski definition) is 3. The highest BCUT2D eigenvalue weighted by Gasteiger charge is 2.26. The Labute approximate surface area is 92.6 Å². The molecule has 1 N–H and O–H groups in total. The fourth-order valence-electron chi connectivity index (χ4n) is 1.29. The first-order valence-electron chi connectivity index (χ1n) is 4.46. The van der Waals surface area contributed by atoms with Crippen LogP contribution in [0.3, 0.4) is 0 Å². The van der Waals surface area contributed by atoms with E-state index in [1.54, 1.807) is 0 Å². The molecule has 1 rings (SSSR count). The molecule has 1 aromatic carbocycles. The van der Waals surface area contributed by atoms with Crippen LogP contribution in [-0.4, -0.2) is 19.8 Å². The van der Waals surface area contributed by atoms with E-state index in [4.69, 9.17) is 0 Å². The van der Waals surface area contributed by atoms with Crippen LogP contribution in [0.4, 0.5) is 8.78 Å². The number of rotatable bonds is 2. The normalized spacial score (nSPS) is 12.9. The second-order valence-electron chi connectivity index (χ2n) is 4.07. The van der Waals surface area contributed by atoms with E-state index in [9.17, 15) is 22.3 Å². The van der Waals surface area contributed by atoms with Gasteiger partial charge in [0.25, 0.3) is 0 Å². The topological polar surface area (TPSA) is 54.4 Å². The first kappa shape index (κ1) is 13.1. The zero-order chi connectivity index (χ0) is 12.7. The minimum absolute atomic E-state index is 0.280. The van der Waals surface area contributed by atoms with Crippen LogP contribution < -0.4 is 0 Å². The molecule has 0 aliphatic carbocycles. The van der Waals surface area contributed by atoms with Crippen LogP contribution in [0.2, 0.25) is 0 Å². The van der Waals surface area contributed by atoms with Crippen molar-refractivity contribution in [2.24, 2.45) is 0 Å². The lowest BCUT2D eigenvalue weighted by Crippen LogP contribution is -2.19. The van der Waals surface area contributed by atoms with E-state index >= 15 is 0 Å². The summed E-state index contributed by atoms with van der Waals surface area (Å²) in [4.78, 5) is -0.710. The predicted molar refractivity (Wildman–Crippen MR) is 54.7 cm³/mol. The number of benzene rings is 1. The van der Waals surface area contributed by atoms with Gasteiger partial charge in [-0.05, 0) is 19.9 Å². The second-order valence-corrected chi connectivity index (χ2v) is 6.05. The van der Waals surface area contributed by atoms with Crippen molar-refractivity contribution in [2.75, 3.05) is 6.26 Å². The standard InChI is InChI=1S/C10H12F2O3S/c1-10(2,13)6-4-5-7(16(3,14)15)9(12)8(6)11/h4-5,13H,1-3H3. The summed E-state index contributed by atoms with van der Waals surface area (Å²) in [7, 11) is -3.81. The van der Waals surface area contributed by atoms with Gasteiger partial charge in [-0.25, -0.2) is 17.2 Å². The largest absolute Gasteiger partial charge is 0.386 e. The van der Waals surface area contributed by atoms with Crippen molar-refractivity contribution in [2.45, 2.75) is 24.3 Å². The molecule has 0 bridgehead atoms. The van der Waals surface area contributed by atoms with Crippen molar-refractivity contribution < 1.29 is 22.3 Å². The van der Waals surface area contributed by atoms with Crippen LogP contribution in [0.5, 0.6) is 0 Å². The van der Waals surface area contributed by atoms with Crippen LogP contribution in [0.1, 0.15) is 19.4 Å². The van der Waals surface area contributed by atoms with Crippen molar-refractivity contribution in [1.29, 1.82) is 0 Å². The molecule has 0 radical (unpaired) electrons. The molecule has 0 spiro atoms. The van der Waals surface area contributed by atoms with Gasteiger partial charge < -0.3 is 5.11 Å². The molecule has 0 aliphatic heterocycles. The van der Waals surface area contributed by atoms with Crippen molar-refractivity contribution >= 4 is 9.84 Å². The molecule has 0 saturated carbocycles. The predicted octanol–water partition coefficient (Wildman–Crippen LogP) is 1.60. The fraction of sp³-hybridized carbons (Fsp3) is 0.400. The summed E-state index contributed by atoms with van der Waals surface area (Å²) in [5.41, 5.74) is -1.85. The third-order valence-corrected chi connectivity index (χ3v) is 3.22. The minimum Gasteiger partial charge on any atom is -0.386 e. The van der Waals surface area contributed by atoms with Gasteiger partial charge in [0.1, 0.15) is 4.90 Å². The molecular formula is C10H12F2O3S. The first-order chi connectivity index (χ1) is 7.05. The third-order valence-electron chi connectivity index (χ3n) is 2.11. The van der Waals surface area contributed by atoms with E-state index in [0.717, 1.165) is 18.4 Å². The molecule has 3 nitrogen and oxygen atoms in total. The first-order valence-corrected chi connectivity index (χ1v) is 6.35. The molecule has 0 fully saturated rings. The molecule has 1 aromatic rings. The Hall–Kier alpha value is -1.01. The number of halogens is 2. The van der Waals surface area contributed by atoms with Crippen LogP contribution in [0, 0.1) is 11.6 Å². The average Bonchev–Trinajstić information content (AvgIpc) is 2.05. The van der Waals surface area contributed by atoms with Gasteiger partial charge in [0.05, 0.1) is 5.60 Å². The Morgan fingerprint density at radius 1 is 1.19 bits per heavy atom. The molecule has 0 saturated heterocycles. The average molecular weight is 250 g/mol. The van der Waals surface area contributed by atoms with Gasteiger partial charge in [0.15, 0.2) is 21.5 Å². The summed E-state index contributed by atoms with van der Waals surface area (Å²) < 4.78 is 49.1. The number of hydrogen-bond donors (Lipinski definition) is 1. The maximum atomic E-state index is 13.5. The molecule has 0 amide bonds. The highest BCUT2D eigenvalue weighted by atomic mass is 32.2. The lowest BCUT2D eigenvalue weighted by atomic mass is 9.98. The van der Waals surface area contributed by atoms with Gasteiger partial charge in [-0.2, -0.15) is 0 Å². The molecular weight excluding hydrogens is 238 g/mol. The van der Waals surface area contributed by atoms with E-state index in [1.807, 2.05) is 0 Å². The maximum absolute atomic E-state index is 13.5. The minimum atomic E-state index is -3.81. The Kier molecular flexibility index (Phi) is 3.08. The Balaban J connectivity index is 3.54. The van der Waals surface area contributed by atoms with Gasteiger partial charge in [-0.3, -0.25) is 0 Å². The molecule has 0 aromatic heterocycles. The van der Waals surface area contributed by atoms with Crippen LogP contribution in [0.15, 0.2) is 17.0 Å². The van der Waals surface area contributed by atoms with Gasteiger partial charge >= 0.3 is 0 Å². The quantitative estimate of drug-likeness (QED) is 0.867. The second kappa shape index (κ2) is 3.78. The van der Waals surface area contributed by atoms with E-state index in [2.05, 4.69) is 0 Å². The van der Waals surface area contributed by atoms with E-state index in [1.165, 1.54) is 13.8 Å². The lowest BCUT2D eigenvalue weighted by Gasteiger charge is -2.19. The van der Waals surface area contributed by atoms with Crippen molar-refractivity contribution in [3.63, 3.8) is 0 Å². The number of aliphatic hydroxyl groups is 1. The maximum Gasteiger partial charge on any atom is 0.178 e. The van der Waals surface area contributed by atoms with Crippen molar-refractivity contribution in [3.8, 4) is 0 Å². The molecule has 0 atom stereocenters. The fourth-order valence-corrected chi connectivity index (χ4v) is 2.02. The zero-order valence-corrected chi connectivity index (χ0v) is 9.90. The zero-order valence-electron chi connectivity index (χ0n) is 9.08. The lowest BCUT2D eigenvalue weighted by molar-refractivity contribution is 0.0735. The van der Waals surface area contributed by atoms with Crippen LogP contribution >= 0.6 is 0 Å². The summed E-state index contributed by atoms with van der Waals surface area (Å²) in [6.45, 7) is 2.57. The summed E-state index contributed by atoms with van der Waals surface area (Å²) in [6, 6.07) is 2.01. The Bertz CT molecular complexity index is 516. The number of sulfone groups is 1. The highest BCUT2D eigenvalue weighted by molar-refractivity contribution is 7.90. The molecule has 0 heterocycles. The van der Waals surface area contributed by atoms with Gasteiger partial charge in [0.2, 0.25) is 0 Å². The van der Waals surface area contributed by atoms with Crippen molar-refractivity contribution in [1.82, 2.24) is 0 Å². The summed E-state index contributed by atoms with van der Waals surface area (Å²) in [5, 5.41) is 9.53. The highest BCUT2D eigenvalue weighted by Crippen LogP contribution is 2.27. The molecule has 0 unspecified atom stereocenters. The van der Waals surface area contributed by atoms with Crippen molar-refractivity contribution in [3.05, 3.63) is 29.3 Å². The molecule has 0 aliphatic rings. The monoisotopic (exact) mass is 250 g/mol. The van der Waals surface area contributed by atoms with Gasteiger partial charge in [-0.1, -0.05) is 6.07 Å². The van der Waals surface area contributed by atoms with Crippen LogP contribution in [-0.2, 0) is 15.4 Å². The Morgan fingerprint density at radius 2 is 1.69 bits per heavy atom. The molecule has 16 heavy (non-hydrogen) atoms. The summed E-state index contributed by atoms with van der Waals surface area (Å²) in [5.74, 6) is -2.79. The van der Waals surface area contributed by atoms with E-state index in [-0.39, 0.29) is 5.56 Å². The van der Waals surface area contributed by atoms with Gasteiger partial charge in [0, 0.05) is 11.8 Å². The van der Waals surface area contributed by atoms with E-state index in [0.29, 0.717) is 0 Å². The Morgan fingerprint density at radius 3 is 2.06 bits per heavy atom. The molecule has 6 heteroatoms. The SMILES string of the molecule is CC(C)(O)c1ccc(S(C)(=O)=O)c(F)c1F. The van der Waals surface area contributed by atoms with Gasteiger partial charge in [-0.15, -0.1) is 0 Å². The summed E-state index contributed by atoms with van der Waals surface area (Å²) >= 11 is 0. The van der Waals surface area contributed by atoms with E-state index < -0.39 is 32.0 Å². The van der Waals surface area contributed by atoms with Crippen LogP contribution in [0.25, 0.3) is 0 Å². The molecule has 90 valence electrons. The summed E-state index contributed by atoms with van der Waals surface area (Å²) in [6.07, 6.45) is 0.786.